The molecule has 0 N–H and O–H groups in total. The number of halogens is 1. The molecule has 1 heterocycles. The van der Waals surface area contributed by atoms with Gasteiger partial charge in [0.05, 0.1) is 0 Å². The first-order valence-corrected chi connectivity index (χ1v) is 5.85. The van der Waals surface area contributed by atoms with E-state index in [0.717, 1.165) is 12.5 Å². The van der Waals surface area contributed by atoms with Gasteiger partial charge in [0.1, 0.15) is 5.15 Å². The van der Waals surface area contributed by atoms with E-state index in [-0.39, 0.29) is 0 Å². The van der Waals surface area contributed by atoms with Crippen molar-refractivity contribution < 1.29 is 0 Å². The first kappa shape index (κ1) is 10.9. The Kier molecular flexibility index (Phi) is 3.27. The van der Waals surface area contributed by atoms with E-state index in [1.807, 2.05) is 18.3 Å². The maximum absolute atomic E-state index is 5.75. The third-order valence-electron chi connectivity index (χ3n) is 3.22. The largest absolute Gasteiger partial charge is 0.299 e. The van der Waals surface area contributed by atoms with Gasteiger partial charge in [-0.25, -0.2) is 4.98 Å². The minimum Gasteiger partial charge on any atom is -0.299 e. The summed E-state index contributed by atoms with van der Waals surface area (Å²) in [6.45, 7) is 3.27. The molecule has 1 saturated carbocycles. The third-order valence-corrected chi connectivity index (χ3v) is 3.44. The Morgan fingerprint density at radius 3 is 2.80 bits per heavy atom. The highest BCUT2D eigenvalue weighted by molar-refractivity contribution is 6.29. The minimum absolute atomic E-state index is 0.566. The van der Waals surface area contributed by atoms with Crippen LogP contribution in [0.2, 0.25) is 5.15 Å². The van der Waals surface area contributed by atoms with Gasteiger partial charge >= 0.3 is 0 Å². The van der Waals surface area contributed by atoms with Crippen LogP contribution in [0.3, 0.4) is 0 Å². The molecule has 1 fully saturated rings. The van der Waals surface area contributed by atoms with Crippen molar-refractivity contribution in [1.29, 1.82) is 0 Å². The van der Waals surface area contributed by atoms with E-state index in [9.17, 15) is 0 Å². The van der Waals surface area contributed by atoms with Gasteiger partial charge in [-0.3, -0.25) is 4.90 Å². The van der Waals surface area contributed by atoms with Crippen LogP contribution < -0.4 is 0 Å². The molecule has 1 atom stereocenters. The summed E-state index contributed by atoms with van der Waals surface area (Å²) in [5.41, 5.74) is 1.23. The second-order valence-corrected chi connectivity index (χ2v) is 4.87. The van der Waals surface area contributed by atoms with Gasteiger partial charge in [0.2, 0.25) is 0 Å². The van der Waals surface area contributed by atoms with Crippen molar-refractivity contribution >= 4 is 11.6 Å². The van der Waals surface area contributed by atoms with Crippen LogP contribution in [0.4, 0.5) is 0 Å². The highest BCUT2D eigenvalue weighted by Crippen LogP contribution is 2.35. The van der Waals surface area contributed by atoms with Crippen LogP contribution in [0.5, 0.6) is 0 Å². The molecule has 1 aliphatic rings. The number of aromatic nitrogens is 1. The number of rotatable bonds is 4. The molecule has 0 saturated heterocycles. The number of nitrogens with zero attached hydrogens (tertiary/aromatic N) is 2. The minimum atomic E-state index is 0.566. The van der Waals surface area contributed by atoms with Crippen molar-refractivity contribution in [3.63, 3.8) is 0 Å². The summed E-state index contributed by atoms with van der Waals surface area (Å²) in [7, 11) is 2.18. The predicted octanol–water partition coefficient (Wildman–Crippen LogP) is 2.97. The van der Waals surface area contributed by atoms with Crippen LogP contribution in [-0.4, -0.2) is 23.0 Å². The van der Waals surface area contributed by atoms with E-state index in [2.05, 4.69) is 23.9 Å². The summed E-state index contributed by atoms with van der Waals surface area (Å²) < 4.78 is 0. The molecule has 2 rings (SSSR count). The van der Waals surface area contributed by atoms with Crippen molar-refractivity contribution in [3.05, 3.63) is 29.0 Å². The zero-order chi connectivity index (χ0) is 10.8. The van der Waals surface area contributed by atoms with Crippen molar-refractivity contribution in [2.75, 3.05) is 7.05 Å². The maximum Gasteiger partial charge on any atom is 0.129 e. The fourth-order valence-corrected chi connectivity index (χ4v) is 1.98. The predicted molar refractivity (Wildman–Crippen MR) is 62.9 cm³/mol. The fourth-order valence-electron chi connectivity index (χ4n) is 1.87. The van der Waals surface area contributed by atoms with E-state index in [0.29, 0.717) is 11.2 Å². The van der Waals surface area contributed by atoms with Gasteiger partial charge in [0.15, 0.2) is 0 Å². The molecule has 3 heteroatoms. The molecule has 1 aliphatic carbocycles. The first-order chi connectivity index (χ1) is 7.16. The first-order valence-electron chi connectivity index (χ1n) is 5.47. The second kappa shape index (κ2) is 4.50. The summed E-state index contributed by atoms with van der Waals surface area (Å²) in [4.78, 5) is 6.48. The lowest BCUT2D eigenvalue weighted by Crippen LogP contribution is -2.30. The molecule has 0 bridgehead atoms. The van der Waals surface area contributed by atoms with E-state index >= 15 is 0 Å². The lowest BCUT2D eigenvalue weighted by Gasteiger charge is -2.24. The molecule has 1 unspecified atom stereocenters. The molecular formula is C12H17ClN2. The van der Waals surface area contributed by atoms with E-state index in [1.54, 1.807) is 0 Å². The average Bonchev–Trinajstić information content (AvgIpc) is 3.04. The Balaban J connectivity index is 1.92. The van der Waals surface area contributed by atoms with Gasteiger partial charge in [0.25, 0.3) is 0 Å². The fraction of sp³-hybridized carbons (Fsp3) is 0.583. The van der Waals surface area contributed by atoms with E-state index in [1.165, 1.54) is 18.4 Å². The summed E-state index contributed by atoms with van der Waals surface area (Å²) in [6.07, 6.45) is 4.65. The van der Waals surface area contributed by atoms with Crippen LogP contribution in [0.1, 0.15) is 25.3 Å². The van der Waals surface area contributed by atoms with Gasteiger partial charge in [-0.05, 0) is 44.4 Å². The quantitative estimate of drug-likeness (QED) is 0.731. The normalized spacial score (nSPS) is 18.1. The summed E-state index contributed by atoms with van der Waals surface area (Å²) in [6, 6.07) is 4.58. The molecule has 1 aromatic heterocycles. The smallest absolute Gasteiger partial charge is 0.129 e. The Morgan fingerprint density at radius 2 is 2.27 bits per heavy atom. The zero-order valence-electron chi connectivity index (χ0n) is 9.28. The zero-order valence-corrected chi connectivity index (χ0v) is 10.0. The molecule has 2 nitrogen and oxygen atoms in total. The Morgan fingerprint density at radius 1 is 1.53 bits per heavy atom. The van der Waals surface area contributed by atoms with E-state index in [4.69, 9.17) is 11.6 Å². The van der Waals surface area contributed by atoms with Crippen LogP contribution >= 0.6 is 11.6 Å². The Labute approximate surface area is 96.3 Å². The maximum atomic E-state index is 5.75. The van der Waals surface area contributed by atoms with Crippen molar-refractivity contribution in [1.82, 2.24) is 9.88 Å². The van der Waals surface area contributed by atoms with E-state index < -0.39 is 0 Å². The van der Waals surface area contributed by atoms with Crippen molar-refractivity contribution in [2.45, 2.75) is 32.4 Å². The molecule has 0 aliphatic heterocycles. The molecule has 0 spiro atoms. The Bertz CT molecular complexity index is 319. The standard InChI is InChI=1S/C12H17ClN2/c1-9(11-4-5-11)15(2)8-10-3-6-12(13)14-7-10/h3,6-7,9,11H,4-5,8H2,1-2H3. The lowest BCUT2D eigenvalue weighted by molar-refractivity contribution is 0.226. The van der Waals surface area contributed by atoms with Crippen LogP contribution in [0, 0.1) is 5.92 Å². The third kappa shape index (κ3) is 2.93. The molecule has 82 valence electrons. The summed E-state index contributed by atoms with van der Waals surface area (Å²) in [5.74, 6) is 0.912. The number of hydrogen-bond donors (Lipinski definition) is 0. The molecule has 0 radical (unpaired) electrons. The van der Waals surface area contributed by atoms with Gasteiger partial charge in [-0.15, -0.1) is 0 Å². The molecule has 15 heavy (non-hydrogen) atoms. The summed E-state index contributed by atoms with van der Waals surface area (Å²) >= 11 is 5.75. The lowest BCUT2D eigenvalue weighted by atomic mass is 10.1. The molecule has 1 aromatic rings. The molecular weight excluding hydrogens is 208 g/mol. The summed E-state index contributed by atoms with van der Waals surface area (Å²) in [5, 5.41) is 0.566. The van der Waals surface area contributed by atoms with Crippen LogP contribution in [0.15, 0.2) is 18.3 Å². The number of hydrogen-bond acceptors (Lipinski definition) is 2. The number of pyridine rings is 1. The van der Waals surface area contributed by atoms with Crippen molar-refractivity contribution in [3.8, 4) is 0 Å². The van der Waals surface area contributed by atoms with Crippen molar-refractivity contribution in [2.24, 2.45) is 5.92 Å². The van der Waals surface area contributed by atoms with Crippen LogP contribution in [0.25, 0.3) is 0 Å². The van der Waals surface area contributed by atoms with Gasteiger partial charge < -0.3 is 0 Å². The molecule has 0 amide bonds. The second-order valence-electron chi connectivity index (χ2n) is 4.48. The molecule has 0 aromatic carbocycles. The van der Waals surface area contributed by atoms with Gasteiger partial charge in [-0.1, -0.05) is 17.7 Å². The Hall–Kier alpha value is -0.600. The SMILES string of the molecule is CC(C1CC1)N(C)Cc1ccc(Cl)nc1. The van der Waals surface area contributed by atoms with Gasteiger partial charge in [0, 0.05) is 18.8 Å². The topological polar surface area (TPSA) is 16.1 Å². The highest BCUT2D eigenvalue weighted by atomic mass is 35.5. The highest BCUT2D eigenvalue weighted by Gasteiger charge is 2.30. The average molecular weight is 225 g/mol. The van der Waals surface area contributed by atoms with Gasteiger partial charge in [-0.2, -0.15) is 0 Å². The monoisotopic (exact) mass is 224 g/mol. The van der Waals surface area contributed by atoms with Crippen LogP contribution in [-0.2, 0) is 6.54 Å².